The van der Waals surface area contributed by atoms with Crippen molar-refractivity contribution in [1.29, 1.82) is 0 Å². The second kappa shape index (κ2) is 3.62. The summed E-state index contributed by atoms with van der Waals surface area (Å²) >= 11 is 0. The lowest BCUT2D eigenvalue weighted by molar-refractivity contribution is 0.571. The molecule has 68 valence electrons. The third-order valence-corrected chi connectivity index (χ3v) is 1.45. The Morgan fingerprint density at radius 3 is 2.46 bits per heavy atom. The van der Waals surface area contributed by atoms with Gasteiger partial charge in [-0.3, -0.25) is 0 Å². The highest BCUT2D eigenvalue weighted by Gasteiger charge is 2.03. The van der Waals surface area contributed by atoms with Gasteiger partial charge in [-0.05, 0) is 45.7 Å². The average Bonchev–Trinajstić information content (AvgIpc) is 2.00. The van der Waals surface area contributed by atoms with E-state index in [1.165, 1.54) is 0 Å². The molecule has 1 aromatic heterocycles. The Morgan fingerprint density at radius 2 is 1.92 bits per heavy atom. The molecule has 0 atom stereocenters. The van der Waals surface area contributed by atoms with Crippen molar-refractivity contribution in [3.05, 3.63) is 29.6 Å². The molecule has 0 bridgehead atoms. The predicted octanol–water partition coefficient (Wildman–Crippen LogP) is 2.79. The van der Waals surface area contributed by atoms with Gasteiger partial charge in [0, 0.05) is 11.1 Å². The lowest BCUT2D eigenvalue weighted by atomic mass is 9.98. The van der Waals surface area contributed by atoms with E-state index in [1.54, 1.807) is 0 Å². The van der Waals surface area contributed by atoms with E-state index < -0.39 is 0 Å². The molecule has 0 aliphatic rings. The van der Waals surface area contributed by atoms with Crippen LogP contribution in [0.4, 0.5) is 0 Å². The molecule has 0 N–H and O–H groups in total. The zero-order chi connectivity index (χ0) is 9.90. The van der Waals surface area contributed by atoms with Crippen molar-refractivity contribution >= 4 is 0 Å². The van der Waals surface area contributed by atoms with E-state index in [-0.39, 0.29) is 5.41 Å². The number of hydrogen-bond acceptors (Lipinski definition) is 1. The first kappa shape index (κ1) is 9.80. The molecule has 0 saturated carbocycles. The van der Waals surface area contributed by atoms with E-state index in [2.05, 4.69) is 37.6 Å². The van der Waals surface area contributed by atoms with Gasteiger partial charge < -0.3 is 0 Å². The van der Waals surface area contributed by atoms with Crippen LogP contribution in [-0.4, -0.2) is 4.98 Å². The fourth-order valence-corrected chi connectivity index (χ4v) is 0.864. The maximum atomic E-state index is 4.30. The van der Waals surface area contributed by atoms with E-state index in [1.807, 2.05) is 25.1 Å². The predicted molar refractivity (Wildman–Crippen MR) is 55.3 cm³/mol. The summed E-state index contributed by atoms with van der Waals surface area (Å²) in [6.07, 6.45) is 0. The van der Waals surface area contributed by atoms with Crippen LogP contribution in [0.5, 0.6) is 0 Å². The van der Waals surface area contributed by atoms with Crippen molar-refractivity contribution in [2.24, 2.45) is 5.41 Å². The molecule has 0 aliphatic carbocycles. The molecule has 0 aromatic carbocycles. The zero-order valence-electron chi connectivity index (χ0n) is 8.68. The fourth-order valence-electron chi connectivity index (χ4n) is 0.864. The molecule has 0 unspecified atom stereocenters. The van der Waals surface area contributed by atoms with Crippen LogP contribution in [-0.2, 0) is 0 Å². The molecular weight excluding hydrogens is 158 g/mol. The molecule has 13 heavy (non-hydrogen) atoms. The van der Waals surface area contributed by atoms with Crippen molar-refractivity contribution < 1.29 is 0 Å². The number of nitrogens with zero attached hydrogens (tertiary/aromatic N) is 1. The van der Waals surface area contributed by atoms with Gasteiger partial charge in [-0.25, -0.2) is 4.98 Å². The normalized spacial score (nSPS) is 10.5. The SMILES string of the molecule is Cc1cccc(C#CC(C)(C)C)n1. The molecule has 1 aromatic rings. The fraction of sp³-hybridized carbons (Fsp3) is 0.417. The van der Waals surface area contributed by atoms with Gasteiger partial charge in [-0.15, -0.1) is 0 Å². The summed E-state index contributed by atoms with van der Waals surface area (Å²) < 4.78 is 0. The Kier molecular flexibility index (Phi) is 2.72. The van der Waals surface area contributed by atoms with E-state index in [0.717, 1.165) is 11.4 Å². The van der Waals surface area contributed by atoms with Gasteiger partial charge >= 0.3 is 0 Å². The van der Waals surface area contributed by atoms with Crippen LogP contribution >= 0.6 is 0 Å². The average molecular weight is 173 g/mol. The van der Waals surface area contributed by atoms with Gasteiger partial charge in [-0.1, -0.05) is 12.0 Å². The third-order valence-electron chi connectivity index (χ3n) is 1.45. The lowest BCUT2D eigenvalue weighted by Crippen LogP contribution is -1.99. The maximum Gasteiger partial charge on any atom is 0.113 e. The third kappa shape index (κ3) is 3.75. The van der Waals surface area contributed by atoms with Gasteiger partial charge in [0.2, 0.25) is 0 Å². The molecule has 0 radical (unpaired) electrons. The van der Waals surface area contributed by atoms with Crippen molar-refractivity contribution in [1.82, 2.24) is 4.98 Å². The van der Waals surface area contributed by atoms with Gasteiger partial charge in [0.15, 0.2) is 0 Å². The van der Waals surface area contributed by atoms with Crippen LogP contribution in [0.3, 0.4) is 0 Å². The molecular formula is C12H15N. The molecule has 1 heterocycles. The molecule has 0 fully saturated rings. The first-order chi connectivity index (χ1) is 5.97. The number of pyridine rings is 1. The van der Waals surface area contributed by atoms with Crippen molar-refractivity contribution in [3.8, 4) is 11.8 Å². The van der Waals surface area contributed by atoms with Crippen LogP contribution in [0, 0.1) is 24.2 Å². The highest BCUT2D eigenvalue weighted by molar-refractivity contribution is 5.29. The first-order valence-corrected chi connectivity index (χ1v) is 4.44. The molecule has 1 nitrogen and oxygen atoms in total. The van der Waals surface area contributed by atoms with Crippen molar-refractivity contribution in [3.63, 3.8) is 0 Å². The summed E-state index contributed by atoms with van der Waals surface area (Å²) in [6.45, 7) is 8.25. The van der Waals surface area contributed by atoms with Gasteiger partial charge in [0.05, 0.1) is 0 Å². The minimum atomic E-state index is 0.0470. The molecule has 0 spiro atoms. The molecule has 1 heteroatoms. The first-order valence-electron chi connectivity index (χ1n) is 4.44. The summed E-state index contributed by atoms with van der Waals surface area (Å²) in [5.41, 5.74) is 1.92. The van der Waals surface area contributed by atoms with Gasteiger partial charge in [-0.2, -0.15) is 0 Å². The van der Waals surface area contributed by atoms with Crippen molar-refractivity contribution in [2.45, 2.75) is 27.7 Å². The van der Waals surface area contributed by atoms with E-state index in [4.69, 9.17) is 0 Å². The largest absolute Gasteiger partial charge is 0.245 e. The maximum absolute atomic E-state index is 4.30. The molecule has 1 rings (SSSR count). The smallest absolute Gasteiger partial charge is 0.113 e. The Morgan fingerprint density at radius 1 is 1.23 bits per heavy atom. The standard InChI is InChI=1S/C12H15N/c1-10-6-5-7-11(13-10)8-9-12(2,3)4/h5-7H,1-4H3. The number of rotatable bonds is 0. The van der Waals surface area contributed by atoms with Crippen LogP contribution in [0.15, 0.2) is 18.2 Å². The second-order valence-corrected chi connectivity index (χ2v) is 4.16. The minimum absolute atomic E-state index is 0.0470. The molecule has 0 amide bonds. The summed E-state index contributed by atoms with van der Waals surface area (Å²) in [7, 11) is 0. The molecule has 0 saturated heterocycles. The quantitative estimate of drug-likeness (QED) is 0.550. The van der Waals surface area contributed by atoms with Crippen LogP contribution in [0.2, 0.25) is 0 Å². The van der Waals surface area contributed by atoms with Gasteiger partial charge in [0.25, 0.3) is 0 Å². The van der Waals surface area contributed by atoms with Crippen LogP contribution in [0.1, 0.15) is 32.2 Å². The topological polar surface area (TPSA) is 12.9 Å². The lowest BCUT2D eigenvalue weighted by Gasteiger charge is -2.06. The van der Waals surface area contributed by atoms with Crippen molar-refractivity contribution in [2.75, 3.05) is 0 Å². The Balaban J connectivity index is 2.90. The zero-order valence-corrected chi connectivity index (χ0v) is 8.68. The van der Waals surface area contributed by atoms with Crippen LogP contribution in [0.25, 0.3) is 0 Å². The number of aryl methyl sites for hydroxylation is 1. The monoisotopic (exact) mass is 173 g/mol. The Hall–Kier alpha value is -1.29. The number of aromatic nitrogens is 1. The summed E-state index contributed by atoms with van der Waals surface area (Å²) in [5.74, 6) is 6.22. The minimum Gasteiger partial charge on any atom is -0.245 e. The summed E-state index contributed by atoms with van der Waals surface area (Å²) in [4.78, 5) is 4.30. The van der Waals surface area contributed by atoms with Gasteiger partial charge in [0.1, 0.15) is 5.69 Å². The Labute approximate surface area is 80.2 Å². The number of hydrogen-bond donors (Lipinski definition) is 0. The highest BCUT2D eigenvalue weighted by atomic mass is 14.7. The van der Waals surface area contributed by atoms with E-state index in [0.29, 0.717) is 0 Å². The summed E-state index contributed by atoms with van der Waals surface area (Å²) in [6, 6.07) is 5.89. The molecule has 0 aliphatic heterocycles. The summed E-state index contributed by atoms with van der Waals surface area (Å²) in [5, 5.41) is 0. The Bertz CT molecular complexity index is 347. The second-order valence-electron chi connectivity index (χ2n) is 4.16. The van der Waals surface area contributed by atoms with E-state index >= 15 is 0 Å². The van der Waals surface area contributed by atoms with Crippen LogP contribution < -0.4 is 0 Å². The highest BCUT2D eigenvalue weighted by Crippen LogP contribution is 2.10. The van der Waals surface area contributed by atoms with E-state index in [9.17, 15) is 0 Å².